The highest BCUT2D eigenvalue weighted by molar-refractivity contribution is 5.94. The van der Waals surface area contributed by atoms with Crippen molar-refractivity contribution >= 4 is 11.9 Å². The number of nitrogens with zero attached hydrogens (tertiary/aromatic N) is 1. The number of guanidine groups is 1. The third-order valence-electron chi connectivity index (χ3n) is 2.96. The number of nitrogens with two attached hydrogens (primary N) is 1. The first-order valence-electron chi connectivity index (χ1n) is 6.68. The molecule has 0 saturated heterocycles. The topological polar surface area (TPSA) is 88.7 Å². The predicted octanol–water partition coefficient (Wildman–Crippen LogP) is 0.492. The number of rotatable bonds is 6. The Morgan fingerprint density at radius 3 is 2.70 bits per heavy atom. The molecule has 20 heavy (non-hydrogen) atoms. The molecule has 0 aromatic heterocycles. The Hall–Kier alpha value is -2.24. The highest BCUT2D eigenvalue weighted by Gasteiger charge is 2.21. The molecule has 4 N–H and O–H groups in total. The van der Waals surface area contributed by atoms with Gasteiger partial charge in [0, 0.05) is 18.2 Å². The Balaban J connectivity index is 1.70. The molecule has 0 heterocycles. The number of nitrogens with one attached hydrogen (secondary N) is 2. The van der Waals surface area contributed by atoms with Crippen LogP contribution in [-0.2, 0) is 0 Å². The van der Waals surface area contributed by atoms with Crippen LogP contribution in [0.4, 0.5) is 0 Å². The molecule has 0 bridgehead atoms. The van der Waals surface area contributed by atoms with Gasteiger partial charge in [-0.1, -0.05) is 0 Å². The summed E-state index contributed by atoms with van der Waals surface area (Å²) < 4.78 is 5.04. The molecule has 1 aliphatic rings. The van der Waals surface area contributed by atoms with E-state index in [-0.39, 0.29) is 5.91 Å². The zero-order chi connectivity index (χ0) is 14.4. The Morgan fingerprint density at radius 2 is 2.10 bits per heavy atom. The number of methoxy groups -OCH3 is 1. The third-order valence-corrected chi connectivity index (χ3v) is 2.96. The van der Waals surface area contributed by atoms with Crippen molar-refractivity contribution < 1.29 is 9.53 Å². The van der Waals surface area contributed by atoms with Gasteiger partial charge in [-0.25, -0.2) is 0 Å². The molecular weight excluding hydrogens is 256 g/mol. The largest absolute Gasteiger partial charge is 0.497 e. The van der Waals surface area contributed by atoms with Gasteiger partial charge in [0.05, 0.1) is 13.7 Å². The molecule has 0 aliphatic heterocycles. The van der Waals surface area contributed by atoms with Crippen molar-refractivity contribution in [3.63, 3.8) is 0 Å². The summed E-state index contributed by atoms with van der Waals surface area (Å²) in [5.74, 6) is 1.05. The maximum atomic E-state index is 11.8. The molecule has 0 spiro atoms. The number of aliphatic imine (C=N–C) groups is 1. The van der Waals surface area contributed by atoms with Gasteiger partial charge in [-0.2, -0.15) is 0 Å². The van der Waals surface area contributed by atoms with Crippen molar-refractivity contribution in [2.75, 3.05) is 20.2 Å². The van der Waals surface area contributed by atoms with Crippen molar-refractivity contribution in [1.82, 2.24) is 10.6 Å². The van der Waals surface area contributed by atoms with Crippen LogP contribution in [0.25, 0.3) is 0 Å². The molecule has 1 saturated carbocycles. The van der Waals surface area contributed by atoms with E-state index in [4.69, 9.17) is 10.5 Å². The summed E-state index contributed by atoms with van der Waals surface area (Å²) >= 11 is 0. The molecule has 2 rings (SSSR count). The van der Waals surface area contributed by atoms with Crippen LogP contribution in [0.2, 0.25) is 0 Å². The minimum absolute atomic E-state index is 0.128. The van der Waals surface area contributed by atoms with E-state index in [9.17, 15) is 4.79 Å². The van der Waals surface area contributed by atoms with Gasteiger partial charge in [0.25, 0.3) is 5.91 Å². The maximum Gasteiger partial charge on any atom is 0.251 e. The van der Waals surface area contributed by atoms with Gasteiger partial charge >= 0.3 is 0 Å². The van der Waals surface area contributed by atoms with Crippen LogP contribution in [0.3, 0.4) is 0 Å². The zero-order valence-electron chi connectivity index (χ0n) is 11.6. The van der Waals surface area contributed by atoms with E-state index in [0.29, 0.717) is 30.7 Å². The van der Waals surface area contributed by atoms with Crippen LogP contribution < -0.4 is 21.1 Å². The standard InChI is InChI=1S/C14H20N4O2/c1-20-12-6-2-10(3-7-12)13(19)16-8-9-17-14(15)18-11-4-5-11/h2-3,6-7,11H,4-5,8-9H2,1H3,(H,16,19)(H3,15,17,18). The average molecular weight is 276 g/mol. The number of ether oxygens (including phenoxy) is 1. The van der Waals surface area contributed by atoms with E-state index >= 15 is 0 Å². The molecule has 1 aromatic carbocycles. The first kappa shape index (κ1) is 14.2. The van der Waals surface area contributed by atoms with Crippen LogP contribution in [0.5, 0.6) is 5.75 Å². The fourth-order valence-electron chi connectivity index (χ4n) is 1.67. The molecule has 0 atom stereocenters. The second kappa shape index (κ2) is 6.79. The Labute approximate surface area is 118 Å². The number of carbonyl (C=O) groups excluding carboxylic acids is 1. The molecule has 0 unspecified atom stereocenters. The molecule has 6 nitrogen and oxygen atoms in total. The van der Waals surface area contributed by atoms with E-state index in [1.165, 1.54) is 0 Å². The minimum Gasteiger partial charge on any atom is -0.497 e. The SMILES string of the molecule is COc1ccc(C(=O)NCCN=C(N)NC2CC2)cc1. The van der Waals surface area contributed by atoms with Gasteiger partial charge in [-0.15, -0.1) is 0 Å². The summed E-state index contributed by atoms with van der Waals surface area (Å²) in [7, 11) is 1.59. The molecule has 1 aromatic rings. The van der Waals surface area contributed by atoms with Gasteiger partial charge in [0.2, 0.25) is 0 Å². The molecule has 108 valence electrons. The first-order chi connectivity index (χ1) is 9.69. The lowest BCUT2D eigenvalue weighted by atomic mass is 10.2. The summed E-state index contributed by atoms with van der Waals surface area (Å²) in [5, 5.41) is 5.88. The van der Waals surface area contributed by atoms with Gasteiger partial charge < -0.3 is 21.1 Å². The lowest BCUT2D eigenvalue weighted by Gasteiger charge is -2.06. The van der Waals surface area contributed by atoms with E-state index in [0.717, 1.165) is 18.6 Å². The summed E-state index contributed by atoms with van der Waals surface area (Å²) in [5.41, 5.74) is 6.28. The van der Waals surface area contributed by atoms with Gasteiger partial charge in [-0.05, 0) is 37.1 Å². The molecule has 1 amide bonds. The lowest BCUT2D eigenvalue weighted by Crippen LogP contribution is -2.34. The number of hydrogen-bond donors (Lipinski definition) is 3. The Bertz CT molecular complexity index is 480. The Kier molecular flexibility index (Phi) is 4.81. The summed E-state index contributed by atoms with van der Waals surface area (Å²) in [6.07, 6.45) is 2.31. The maximum absolute atomic E-state index is 11.8. The van der Waals surface area contributed by atoms with E-state index in [1.807, 2.05) is 0 Å². The van der Waals surface area contributed by atoms with Crippen molar-refractivity contribution in [1.29, 1.82) is 0 Å². The lowest BCUT2D eigenvalue weighted by molar-refractivity contribution is 0.0955. The average Bonchev–Trinajstić information content (AvgIpc) is 3.27. The van der Waals surface area contributed by atoms with Crippen LogP contribution in [0.15, 0.2) is 29.3 Å². The van der Waals surface area contributed by atoms with E-state index < -0.39 is 0 Å². The molecule has 6 heteroatoms. The first-order valence-corrected chi connectivity index (χ1v) is 6.68. The summed E-state index contributed by atoms with van der Waals surface area (Å²) in [4.78, 5) is 16.0. The fourth-order valence-corrected chi connectivity index (χ4v) is 1.67. The van der Waals surface area contributed by atoms with Crippen LogP contribution in [0, 0.1) is 0 Å². The van der Waals surface area contributed by atoms with Gasteiger partial charge in [0.1, 0.15) is 5.75 Å². The molecule has 0 radical (unpaired) electrons. The second-order valence-corrected chi connectivity index (χ2v) is 4.67. The number of benzene rings is 1. The number of amides is 1. The molecule has 1 aliphatic carbocycles. The highest BCUT2D eigenvalue weighted by atomic mass is 16.5. The molecular formula is C14H20N4O2. The Morgan fingerprint density at radius 1 is 1.40 bits per heavy atom. The number of hydrogen-bond acceptors (Lipinski definition) is 3. The van der Waals surface area contributed by atoms with Crippen LogP contribution in [-0.4, -0.2) is 38.1 Å². The normalized spacial score (nSPS) is 14.8. The number of carbonyl (C=O) groups is 1. The van der Waals surface area contributed by atoms with Crippen LogP contribution >= 0.6 is 0 Å². The highest BCUT2D eigenvalue weighted by Crippen LogP contribution is 2.17. The predicted molar refractivity (Wildman–Crippen MR) is 78.0 cm³/mol. The van der Waals surface area contributed by atoms with Gasteiger partial charge in [-0.3, -0.25) is 9.79 Å². The molecule has 1 fully saturated rings. The van der Waals surface area contributed by atoms with Crippen molar-refractivity contribution in [2.45, 2.75) is 18.9 Å². The summed E-state index contributed by atoms with van der Waals surface area (Å²) in [6, 6.07) is 7.45. The second-order valence-electron chi connectivity index (χ2n) is 4.67. The quantitative estimate of drug-likeness (QED) is 0.401. The van der Waals surface area contributed by atoms with Crippen molar-refractivity contribution in [2.24, 2.45) is 10.7 Å². The fraction of sp³-hybridized carbons (Fsp3) is 0.429. The smallest absolute Gasteiger partial charge is 0.251 e. The monoisotopic (exact) mass is 276 g/mol. The zero-order valence-corrected chi connectivity index (χ0v) is 11.6. The summed E-state index contributed by atoms with van der Waals surface area (Å²) in [6.45, 7) is 0.922. The minimum atomic E-state index is -0.128. The van der Waals surface area contributed by atoms with Crippen molar-refractivity contribution in [3.8, 4) is 5.75 Å². The third kappa shape index (κ3) is 4.46. The van der Waals surface area contributed by atoms with Gasteiger partial charge in [0.15, 0.2) is 5.96 Å². The van der Waals surface area contributed by atoms with Crippen LogP contribution in [0.1, 0.15) is 23.2 Å². The van der Waals surface area contributed by atoms with E-state index in [1.54, 1.807) is 31.4 Å². The van der Waals surface area contributed by atoms with Crippen molar-refractivity contribution in [3.05, 3.63) is 29.8 Å². The van der Waals surface area contributed by atoms with E-state index in [2.05, 4.69) is 15.6 Å².